The monoisotopic (exact) mass is 346 g/mol. The number of piperidine rings is 1. The second-order valence-corrected chi connectivity index (χ2v) is 6.32. The molecule has 2 aromatic rings. The van der Waals surface area contributed by atoms with Gasteiger partial charge in [0.25, 0.3) is 5.69 Å². The minimum Gasteiger partial charge on any atom is -0.392 e. The molecule has 0 amide bonds. The molecule has 2 unspecified atom stereocenters. The van der Waals surface area contributed by atoms with E-state index < -0.39 is 4.92 Å². The highest BCUT2D eigenvalue weighted by Crippen LogP contribution is 2.24. The van der Waals surface area contributed by atoms with E-state index in [9.17, 15) is 15.2 Å². The van der Waals surface area contributed by atoms with Crippen LogP contribution in [-0.2, 0) is 6.54 Å². The fourth-order valence-electron chi connectivity index (χ4n) is 3.26. The Kier molecular flexibility index (Phi) is 5.40. The third-order valence-corrected chi connectivity index (χ3v) is 4.67. The number of nitro groups is 1. The summed E-state index contributed by atoms with van der Waals surface area (Å²) in [6.07, 6.45) is 3.56. The van der Waals surface area contributed by atoms with Crippen molar-refractivity contribution in [2.24, 2.45) is 0 Å². The van der Waals surface area contributed by atoms with Crippen LogP contribution >= 0.6 is 0 Å². The lowest BCUT2D eigenvalue weighted by Crippen LogP contribution is -2.46. The van der Waals surface area contributed by atoms with Crippen LogP contribution in [0.4, 0.5) is 5.69 Å². The Morgan fingerprint density at radius 1 is 1.40 bits per heavy atom. The molecule has 1 aliphatic rings. The molecule has 134 valence electrons. The smallest absolute Gasteiger partial charge is 0.269 e. The topological polar surface area (TPSA) is 106 Å². The van der Waals surface area contributed by atoms with Crippen LogP contribution in [0.25, 0.3) is 11.4 Å². The van der Waals surface area contributed by atoms with Gasteiger partial charge in [-0.25, -0.2) is 0 Å². The van der Waals surface area contributed by atoms with Gasteiger partial charge in [0.2, 0.25) is 11.7 Å². The number of nitrogens with zero attached hydrogens (tertiary/aromatic N) is 4. The Balaban J connectivity index is 1.71. The molecule has 1 aromatic carbocycles. The van der Waals surface area contributed by atoms with Crippen molar-refractivity contribution >= 4 is 5.69 Å². The summed E-state index contributed by atoms with van der Waals surface area (Å²) in [6, 6.07) is 6.18. The van der Waals surface area contributed by atoms with E-state index in [1.807, 2.05) is 6.92 Å². The van der Waals surface area contributed by atoms with Crippen LogP contribution in [0.2, 0.25) is 0 Å². The van der Waals surface area contributed by atoms with Gasteiger partial charge >= 0.3 is 0 Å². The van der Waals surface area contributed by atoms with E-state index in [-0.39, 0.29) is 17.8 Å². The number of rotatable bonds is 6. The van der Waals surface area contributed by atoms with Crippen molar-refractivity contribution in [1.29, 1.82) is 0 Å². The van der Waals surface area contributed by atoms with Crippen molar-refractivity contribution in [3.05, 3.63) is 40.3 Å². The number of aliphatic hydroxyl groups is 1. The van der Waals surface area contributed by atoms with Gasteiger partial charge in [0, 0.05) is 23.7 Å². The summed E-state index contributed by atoms with van der Waals surface area (Å²) in [7, 11) is 0. The first-order valence-electron chi connectivity index (χ1n) is 8.58. The number of benzene rings is 1. The van der Waals surface area contributed by atoms with E-state index >= 15 is 0 Å². The largest absolute Gasteiger partial charge is 0.392 e. The van der Waals surface area contributed by atoms with Crippen LogP contribution in [0, 0.1) is 10.1 Å². The number of aromatic nitrogens is 2. The standard InChI is InChI=1S/C17H22N4O4/c1-2-15(22)14-5-3-4-10-20(14)11-16-18-17(19-25-16)12-6-8-13(9-7-12)21(23)24/h6-9,14-15,22H,2-5,10-11H2,1H3. The molecular formula is C17H22N4O4. The number of hydrogen-bond donors (Lipinski definition) is 1. The number of likely N-dealkylation sites (tertiary alicyclic amines) is 1. The lowest BCUT2D eigenvalue weighted by atomic mass is 9.96. The van der Waals surface area contributed by atoms with Crippen LogP contribution < -0.4 is 0 Å². The molecule has 1 N–H and O–H groups in total. The molecule has 8 heteroatoms. The van der Waals surface area contributed by atoms with Crippen LogP contribution in [0.15, 0.2) is 28.8 Å². The van der Waals surface area contributed by atoms with Gasteiger partial charge in [0.1, 0.15) is 0 Å². The maximum atomic E-state index is 10.7. The van der Waals surface area contributed by atoms with Gasteiger partial charge in [-0.05, 0) is 37.9 Å². The minimum atomic E-state index is -0.443. The lowest BCUT2D eigenvalue weighted by Gasteiger charge is -2.37. The molecule has 0 bridgehead atoms. The van der Waals surface area contributed by atoms with Crippen molar-refractivity contribution < 1.29 is 14.6 Å². The molecule has 0 spiro atoms. The lowest BCUT2D eigenvalue weighted by molar-refractivity contribution is -0.384. The normalized spacial score (nSPS) is 19.7. The molecule has 8 nitrogen and oxygen atoms in total. The molecule has 3 rings (SSSR count). The average Bonchev–Trinajstić information content (AvgIpc) is 3.10. The van der Waals surface area contributed by atoms with Crippen LogP contribution in [0.5, 0.6) is 0 Å². The van der Waals surface area contributed by atoms with E-state index in [0.717, 1.165) is 32.2 Å². The van der Waals surface area contributed by atoms with E-state index in [1.54, 1.807) is 12.1 Å². The second kappa shape index (κ2) is 7.71. The average molecular weight is 346 g/mol. The number of hydrogen-bond acceptors (Lipinski definition) is 7. The molecule has 2 heterocycles. The Bertz CT molecular complexity index is 716. The zero-order chi connectivity index (χ0) is 17.8. The van der Waals surface area contributed by atoms with E-state index in [4.69, 9.17) is 4.52 Å². The highest BCUT2D eigenvalue weighted by molar-refractivity contribution is 5.56. The third-order valence-electron chi connectivity index (χ3n) is 4.67. The fourth-order valence-corrected chi connectivity index (χ4v) is 3.26. The number of aliphatic hydroxyl groups excluding tert-OH is 1. The minimum absolute atomic E-state index is 0.0252. The van der Waals surface area contributed by atoms with Crippen molar-refractivity contribution in [2.75, 3.05) is 6.54 Å². The number of non-ortho nitro benzene ring substituents is 1. The first-order valence-corrected chi connectivity index (χ1v) is 8.58. The predicted octanol–water partition coefficient (Wildman–Crippen LogP) is 2.77. The summed E-state index contributed by atoms with van der Waals surface area (Å²) in [6.45, 7) is 3.38. The van der Waals surface area contributed by atoms with Crippen LogP contribution in [0.3, 0.4) is 0 Å². The zero-order valence-electron chi connectivity index (χ0n) is 14.2. The molecule has 0 saturated carbocycles. The third kappa shape index (κ3) is 4.02. The predicted molar refractivity (Wildman–Crippen MR) is 90.7 cm³/mol. The maximum Gasteiger partial charge on any atom is 0.269 e. The van der Waals surface area contributed by atoms with Gasteiger partial charge < -0.3 is 9.63 Å². The second-order valence-electron chi connectivity index (χ2n) is 6.32. The zero-order valence-corrected chi connectivity index (χ0v) is 14.2. The molecule has 1 fully saturated rings. The summed E-state index contributed by atoms with van der Waals surface area (Å²) in [5.41, 5.74) is 0.696. The van der Waals surface area contributed by atoms with Crippen molar-refractivity contribution in [3.63, 3.8) is 0 Å². The van der Waals surface area contributed by atoms with Crippen molar-refractivity contribution in [1.82, 2.24) is 15.0 Å². The van der Waals surface area contributed by atoms with Crippen LogP contribution in [-0.4, -0.2) is 43.8 Å². The van der Waals surface area contributed by atoms with E-state index in [2.05, 4.69) is 15.0 Å². The Hall–Kier alpha value is -2.32. The molecular weight excluding hydrogens is 324 g/mol. The van der Waals surface area contributed by atoms with E-state index in [1.165, 1.54) is 12.1 Å². The maximum absolute atomic E-state index is 10.7. The van der Waals surface area contributed by atoms with Gasteiger partial charge in [-0.3, -0.25) is 15.0 Å². The summed E-state index contributed by atoms with van der Waals surface area (Å²) in [4.78, 5) is 16.9. The fraction of sp³-hybridized carbons (Fsp3) is 0.529. The van der Waals surface area contributed by atoms with Gasteiger partial charge in [-0.2, -0.15) is 4.98 Å². The highest BCUT2D eigenvalue weighted by atomic mass is 16.6. The molecule has 25 heavy (non-hydrogen) atoms. The molecule has 1 aromatic heterocycles. The Labute approximate surface area is 145 Å². The van der Waals surface area contributed by atoms with Crippen molar-refractivity contribution in [3.8, 4) is 11.4 Å². The highest BCUT2D eigenvalue weighted by Gasteiger charge is 2.29. The Morgan fingerprint density at radius 3 is 2.84 bits per heavy atom. The Morgan fingerprint density at radius 2 is 2.16 bits per heavy atom. The van der Waals surface area contributed by atoms with Crippen LogP contribution in [0.1, 0.15) is 38.5 Å². The molecule has 1 saturated heterocycles. The SMILES string of the molecule is CCC(O)C1CCCCN1Cc1nc(-c2ccc([N+](=O)[O-])cc2)no1. The summed E-state index contributed by atoms with van der Waals surface area (Å²) in [5.74, 6) is 0.901. The first-order chi connectivity index (χ1) is 12.1. The number of nitro benzene ring substituents is 1. The van der Waals surface area contributed by atoms with Gasteiger partial charge in [-0.1, -0.05) is 18.5 Å². The first kappa shape index (κ1) is 17.5. The molecule has 1 aliphatic heterocycles. The quantitative estimate of drug-likeness (QED) is 0.633. The summed E-state index contributed by atoms with van der Waals surface area (Å²) < 4.78 is 5.34. The van der Waals surface area contributed by atoms with Gasteiger partial charge in [0.05, 0.1) is 17.6 Å². The van der Waals surface area contributed by atoms with Gasteiger partial charge in [-0.15, -0.1) is 0 Å². The van der Waals surface area contributed by atoms with E-state index in [0.29, 0.717) is 23.8 Å². The molecule has 2 atom stereocenters. The molecule has 0 aliphatic carbocycles. The summed E-state index contributed by atoms with van der Waals surface area (Å²) in [5, 5.41) is 24.9. The summed E-state index contributed by atoms with van der Waals surface area (Å²) >= 11 is 0. The molecule has 0 radical (unpaired) electrons. The van der Waals surface area contributed by atoms with Gasteiger partial charge in [0.15, 0.2) is 0 Å². The van der Waals surface area contributed by atoms with Crippen molar-refractivity contribution in [2.45, 2.75) is 51.3 Å².